The lowest BCUT2D eigenvalue weighted by atomic mass is 10.0. The lowest BCUT2D eigenvalue weighted by Crippen LogP contribution is -2.11. The van der Waals surface area contributed by atoms with Crippen molar-refractivity contribution in [3.8, 4) is 5.75 Å². The van der Waals surface area contributed by atoms with E-state index in [1.54, 1.807) is 13.3 Å². The molecule has 4 nitrogen and oxygen atoms in total. The summed E-state index contributed by atoms with van der Waals surface area (Å²) in [5.74, 6) is 1.47. The van der Waals surface area contributed by atoms with Gasteiger partial charge >= 0.3 is 0 Å². The van der Waals surface area contributed by atoms with Gasteiger partial charge in [-0.15, -0.1) is 0 Å². The lowest BCUT2D eigenvalue weighted by Gasteiger charge is -2.14. The fourth-order valence-corrected chi connectivity index (χ4v) is 2.50. The first kappa shape index (κ1) is 17.0. The van der Waals surface area contributed by atoms with Crippen LogP contribution in [0.25, 0.3) is 0 Å². The zero-order valence-electron chi connectivity index (χ0n) is 13.9. The van der Waals surface area contributed by atoms with Crippen molar-refractivity contribution in [2.45, 2.75) is 32.6 Å². The van der Waals surface area contributed by atoms with E-state index in [4.69, 9.17) is 10.1 Å². The second-order valence-electron chi connectivity index (χ2n) is 5.46. The molecule has 0 aliphatic heterocycles. The third-order valence-corrected chi connectivity index (χ3v) is 3.78. The predicted octanol–water partition coefficient (Wildman–Crippen LogP) is 4.50. The first-order valence-electron chi connectivity index (χ1n) is 8.19. The maximum atomic E-state index is 8.54. The van der Waals surface area contributed by atoms with Gasteiger partial charge in [0.05, 0.1) is 12.8 Å². The van der Waals surface area contributed by atoms with Crippen molar-refractivity contribution >= 4 is 11.5 Å². The van der Waals surface area contributed by atoms with Gasteiger partial charge in [-0.2, -0.15) is 0 Å². The summed E-state index contributed by atoms with van der Waals surface area (Å²) >= 11 is 0. The molecular formula is C19H25N3O. The molecular weight excluding hydrogens is 286 g/mol. The van der Waals surface area contributed by atoms with Gasteiger partial charge in [-0.05, 0) is 30.7 Å². The second kappa shape index (κ2) is 8.93. The van der Waals surface area contributed by atoms with Crippen molar-refractivity contribution in [2.24, 2.45) is 0 Å². The summed E-state index contributed by atoms with van der Waals surface area (Å²) in [6, 6.07) is 11.4. The van der Waals surface area contributed by atoms with Gasteiger partial charge in [0.15, 0.2) is 0 Å². The Labute approximate surface area is 138 Å². The number of hydrogen-bond donors (Lipinski definition) is 2. The largest absolute Gasteiger partial charge is 0.496 e. The highest BCUT2D eigenvalue weighted by Crippen LogP contribution is 2.23. The van der Waals surface area contributed by atoms with Crippen molar-refractivity contribution < 1.29 is 4.74 Å². The van der Waals surface area contributed by atoms with Crippen LogP contribution >= 0.6 is 0 Å². The topological polar surface area (TPSA) is 58.0 Å². The Bertz CT molecular complexity index is 640. The molecule has 1 aromatic heterocycles. The molecule has 0 spiro atoms. The van der Waals surface area contributed by atoms with Gasteiger partial charge in [0.25, 0.3) is 0 Å². The van der Waals surface area contributed by atoms with Crippen molar-refractivity contribution in [1.82, 2.24) is 4.98 Å². The van der Waals surface area contributed by atoms with Gasteiger partial charge in [-0.3, -0.25) is 5.41 Å². The Hall–Kier alpha value is -2.36. The number of methoxy groups -OCH3 is 1. The van der Waals surface area contributed by atoms with E-state index in [1.165, 1.54) is 19.3 Å². The van der Waals surface area contributed by atoms with E-state index in [9.17, 15) is 0 Å². The molecule has 2 rings (SSSR count). The van der Waals surface area contributed by atoms with Gasteiger partial charge in [0.1, 0.15) is 11.6 Å². The Morgan fingerprint density at radius 1 is 1.09 bits per heavy atom. The normalized spacial score (nSPS) is 10.3. The number of unbranched alkanes of at least 4 members (excludes halogenated alkanes) is 3. The molecule has 0 bridgehead atoms. The Morgan fingerprint density at radius 2 is 1.87 bits per heavy atom. The Morgan fingerprint density at radius 3 is 2.65 bits per heavy atom. The summed E-state index contributed by atoms with van der Waals surface area (Å²) in [6.45, 7) is 3.09. The number of pyridine rings is 1. The van der Waals surface area contributed by atoms with E-state index >= 15 is 0 Å². The van der Waals surface area contributed by atoms with Crippen LogP contribution in [-0.2, 0) is 0 Å². The van der Waals surface area contributed by atoms with Crippen LogP contribution in [0.2, 0.25) is 0 Å². The smallest absolute Gasteiger partial charge is 0.135 e. The van der Waals surface area contributed by atoms with Crippen LogP contribution in [0.3, 0.4) is 0 Å². The third-order valence-electron chi connectivity index (χ3n) is 3.78. The number of benzene rings is 1. The maximum absolute atomic E-state index is 8.54. The third kappa shape index (κ3) is 4.55. The van der Waals surface area contributed by atoms with E-state index in [-0.39, 0.29) is 0 Å². The Kier molecular flexibility index (Phi) is 6.60. The molecule has 4 heteroatoms. The number of aromatic nitrogens is 1. The van der Waals surface area contributed by atoms with Gasteiger partial charge in [0.2, 0.25) is 0 Å². The second-order valence-corrected chi connectivity index (χ2v) is 5.46. The van der Waals surface area contributed by atoms with E-state index in [0.717, 1.165) is 29.9 Å². The van der Waals surface area contributed by atoms with Crippen LogP contribution in [0.15, 0.2) is 42.6 Å². The number of anilines is 1. The van der Waals surface area contributed by atoms with Crippen LogP contribution in [0.5, 0.6) is 5.75 Å². The number of para-hydroxylation sites is 1. The maximum Gasteiger partial charge on any atom is 0.135 e. The number of hydrogen-bond acceptors (Lipinski definition) is 4. The molecule has 0 radical (unpaired) electrons. The highest BCUT2D eigenvalue weighted by molar-refractivity contribution is 6.15. The summed E-state index contributed by atoms with van der Waals surface area (Å²) in [4.78, 5) is 4.41. The van der Waals surface area contributed by atoms with E-state index in [2.05, 4.69) is 17.2 Å². The zero-order chi connectivity index (χ0) is 16.5. The molecule has 0 aliphatic rings. The highest BCUT2D eigenvalue weighted by Gasteiger charge is 2.14. The standard InChI is InChI=1S/C19H25N3O/c1-3-4-5-8-13-21-19-16(11-9-14-22-19)18(20)15-10-6-7-12-17(15)23-2/h6-7,9-12,14,20H,3-5,8,13H2,1-2H3,(H,21,22). The fraction of sp³-hybridized carbons (Fsp3) is 0.368. The van der Waals surface area contributed by atoms with Gasteiger partial charge in [-0.1, -0.05) is 38.3 Å². The van der Waals surface area contributed by atoms with Crippen LogP contribution in [-0.4, -0.2) is 24.4 Å². The summed E-state index contributed by atoms with van der Waals surface area (Å²) in [5.41, 5.74) is 2.00. The van der Waals surface area contributed by atoms with Crippen molar-refractivity contribution in [3.05, 3.63) is 53.7 Å². The summed E-state index contributed by atoms with van der Waals surface area (Å²) < 4.78 is 5.37. The van der Waals surface area contributed by atoms with Crippen LogP contribution < -0.4 is 10.1 Å². The van der Waals surface area contributed by atoms with Gasteiger partial charge in [-0.25, -0.2) is 4.98 Å². The molecule has 23 heavy (non-hydrogen) atoms. The van der Waals surface area contributed by atoms with E-state index < -0.39 is 0 Å². The van der Waals surface area contributed by atoms with Gasteiger partial charge in [0, 0.05) is 23.9 Å². The average molecular weight is 311 g/mol. The van der Waals surface area contributed by atoms with Crippen LogP contribution in [0.4, 0.5) is 5.82 Å². The molecule has 1 aromatic carbocycles. The highest BCUT2D eigenvalue weighted by atomic mass is 16.5. The first-order valence-corrected chi connectivity index (χ1v) is 8.19. The van der Waals surface area contributed by atoms with E-state index in [1.807, 2.05) is 36.4 Å². The van der Waals surface area contributed by atoms with Crippen LogP contribution in [0, 0.1) is 5.41 Å². The minimum absolute atomic E-state index is 0.423. The number of ether oxygens (including phenoxy) is 1. The van der Waals surface area contributed by atoms with E-state index in [0.29, 0.717) is 11.5 Å². The van der Waals surface area contributed by atoms with Crippen LogP contribution in [0.1, 0.15) is 43.7 Å². The zero-order valence-corrected chi connectivity index (χ0v) is 13.9. The molecule has 2 aromatic rings. The van der Waals surface area contributed by atoms with Crippen molar-refractivity contribution in [2.75, 3.05) is 19.0 Å². The minimum Gasteiger partial charge on any atom is -0.496 e. The molecule has 0 saturated heterocycles. The SMILES string of the molecule is CCCCCCNc1ncccc1C(=N)c1ccccc1OC. The molecule has 0 saturated carbocycles. The molecule has 0 unspecified atom stereocenters. The number of nitrogens with zero attached hydrogens (tertiary/aromatic N) is 1. The summed E-state index contributed by atoms with van der Waals surface area (Å²) in [7, 11) is 1.63. The molecule has 2 N–H and O–H groups in total. The fourth-order valence-electron chi connectivity index (χ4n) is 2.50. The van der Waals surface area contributed by atoms with Crippen molar-refractivity contribution in [3.63, 3.8) is 0 Å². The predicted molar refractivity (Wildman–Crippen MR) is 95.8 cm³/mol. The first-order chi connectivity index (χ1) is 11.3. The minimum atomic E-state index is 0.423. The molecule has 122 valence electrons. The summed E-state index contributed by atoms with van der Waals surface area (Å²) in [5, 5.41) is 11.9. The molecule has 0 amide bonds. The van der Waals surface area contributed by atoms with Gasteiger partial charge < -0.3 is 10.1 Å². The van der Waals surface area contributed by atoms with Crippen molar-refractivity contribution in [1.29, 1.82) is 5.41 Å². The summed E-state index contributed by atoms with van der Waals surface area (Å²) in [6.07, 6.45) is 6.58. The molecule has 1 heterocycles. The Balaban J connectivity index is 2.14. The molecule has 0 atom stereocenters. The lowest BCUT2D eigenvalue weighted by molar-refractivity contribution is 0.414. The number of rotatable bonds is 9. The quantitative estimate of drug-likeness (QED) is 0.529. The molecule has 0 aliphatic carbocycles. The molecule has 0 fully saturated rings. The average Bonchev–Trinajstić information content (AvgIpc) is 2.61. The monoisotopic (exact) mass is 311 g/mol. The number of nitrogens with one attached hydrogen (secondary N) is 2.